The van der Waals surface area contributed by atoms with E-state index in [0.717, 1.165) is 52.2 Å². The second-order valence-corrected chi connectivity index (χ2v) is 7.05. The summed E-state index contributed by atoms with van der Waals surface area (Å²) in [5.74, 6) is 0.317. The maximum atomic E-state index is 12.4. The van der Waals surface area contributed by atoms with Gasteiger partial charge in [-0.2, -0.15) is 0 Å². The van der Waals surface area contributed by atoms with Crippen molar-refractivity contribution in [3.05, 3.63) is 0 Å². The molecule has 0 bridgehead atoms. The van der Waals surface area contributed by atoms with E-state index >= 15 is 0 Å². The van der Waals surface area contributed by atoms with Gasteiger partial charge in [0.05, 0.1) is 6.10 Å². The molecule has 2 N–H and O–H groups in total. The van der Waals surface area contributed by atoms with Crippen LogP contribution in [0.15, 0.2) is 0 Å². The summed E-state index contributed by atoms with van der Waals surface area (Å²) in [4.78, 5) is 16.9. The van der Waals surface area contributed by atoms with E-state index in [1.165, 1.54) is 19.3 Å². The van der Waals surface area contributed by atoms with E-state index in [4.69, 9.17) is 10.5 Å². The first-order valence-electron chi connectivity index (χ1n) is 8.53. The zero-order valence-corrected chi connectivity index (χ0v) is 13.1. The van der Waals surface area contributed by atoms with Gasteiger partial charge in [0.1, 0.15) is 0 Å². The number of nitrogens with two attached hydrogens (primary N) is 1. The molecular formula is C16H29N3O2. The molecule has 21 heavy (non-hydrogen) atoms. The maximum absolute atomic E-state index is 12.4. The molecule has 5 heteroatoms. The molecule has 0 aromatic rings. The quantitative estimate of drug-likeness (QED) is 0.816. The number of hydrogen-bond acceptors (Lipinski definition) is 4. The monoisotopic (exact) mass is 295 g/mol. The molecule has 0 aromatic heterocycles. The molecule has 2 heterocycles. The molecule has 1 unspecified atom stereocenters. The second kappa shape index (κ2) is 6.63. The molecular weight excluding hydrogens is 266 g/mol. The molecule has 2 aliphatic heterocycles. The summed E-state index contributed by atoms with van der Waals surface area (Å²) in [6.45, 7) is 6.33. The lowest BCUT2D eigenvalue weighted by atomic mass is 9.66. The standard InChI is InChI=1S/C16H29N3O2/c17-13-16(4-2-5-16)11-15(20)19-8-6-18(7-9-19)12-14-3-1-10-21-14/h14H,1-13,17H2. The number of amides is 1. The van der Waals surface area contributed by atoms with Crippen LogP contribution in [0.1, 0.15) is 38.5 Å². The van der Waals surface area contributed by atoms with Gasteiger partial charge in [-0.3, -0.25) is 9.69 Å². The Morgan fingerprint density at radius 3 is 2.48 bits per heavy atom. The molecule has 2 saturated heterocycles. The van der Waals surface area contributed by atoms with Crippen LogP contribution in [0.5, 0.6) is 0 Å². The number of hydrogen-bond donors (Lipinski definition) is 1. The molecule has 1 saturated carbocycles. The van der Waals surface area contributed by atoms with E-state index in [9.17, 15) is 4.79 Å². The third-order valence-electron chi connectivity index (χ3n) is 5.58. The van der Waals surface area contributed by atoms with Crippen molar-refractivity contribution < 1.29 is 9.53 Å². The Hall–Kier alpha value is -0.650. The van der Waals surface area contributed by atoms with Gasteiger partial charge in [0.25, 0.3) is 0 Å². The van der Waals surface area contributed by atoms with Crippen LogP contribution in [0.25, 0.3) is 0 Å². The lowest BCUT2D eigenvalue weighted by Crippen LogP contribution is -2.52. The van der Waals surface area contributed by atoms with Gasteiger partial charge in [-0.1, -0.05) is 6.42 Å². The predicted octanol–water partition coefficient (Wildman–Crippen LogP) is 0.829. The minimum absolute atomic E-state index is 0.131. The van der Waals surface area contributed by atoms with Crippen LogP contribution in [-0.2, 0) is 9.53 Å². The minimum Gasteiger partial charge on any atom is -0.377 e. The van der Waals surface area contributed by atoms with Gasteiger partial charge in [0.2, 0.25) is 5.91 Å². The number of nitrogens with zero attached hydrogens (tertiary/aromatic N) is 2. The van der Waals surface area contributed by atoms with Crippen molar-refractivity contribution in [2.24, 2.45) is 11.1 Å². The zero-order chi connectivity index (χ0) is 14.7. The smallest absolute Gasteiger partial charge is 0.223 e. The normalized spacial score (nSPS) is 29.4. The van der Waals surface area contributed by atoms with Crippen molar-refractivity contribution in [2.45, 2.75) is 44.6 Å². The van der Waals surface area contributed by atoms with Gasteiger partial charge >= 0.3 is 0 Å². The van der Waals surface area contributed by atoms with Gasteiger partial charge in [-0.25, -0.2) is 0 Å². The van der Waals surface area contributed by atoms with Gasteiger partial charge in [0.15, 0.2) is 0 Å². The number of carbonyl (C=O) groups excluding carboxylic acids is 1. The summed E-state index contributed by atoms with van der Waals surface area (Å²) < 4.78 is 5.70. The Morgan fingerprint density at radius 2 is 1.95 bits per heavy atom. The molecule has 120 valence electrons. The highest BCUT2D eigenvalue weighted by Gasteiger charge is 2.39. The molecule has 3 rings (SSSR count). The van der Waals surface area contributed by atoms with Gasteiger partial charge < -0.3 is 15.4 Å². The van der Waals surface area contributed by atoms with E-state index in [0.29, 0.717) is 25.0 Å². The van der Waals surface area contributed by atoms with Crippen molar-refractivity contribution in [3.8, 4) is 0 Å². The number of rotatable bonds is 5. The Labute approximate surface area is 127 Å². The number of carbonyl (C=O) groups is 1. The van der Waals surface area contributed by atoms with Crippen LogP contribution in [-0.4, -0.2) is 67.7 Å². The lowest BCUT2D eigenvalue weighted by molar-refractivity contribution is -0.137. The number of piperazine rings is 1. The number of ether oxygens (including phenoxy) is 1. The van der Waals surface area contributed by atoms with E-state index in [1.54, 1.807) is 0 Å². The Kier molecular flexibility index (Phi) is 4.82. The molecule has 1 atom stereocenters. The fourth-order valence-corrected chi connectivity index (χ4v) is 3.82. The Balaban J connectivity index is 1.41. The van der Waals surface area contributed by atoms with Crippen molar-refractivity contribution >= 4 is 5.91 Å². The zero-order valence-electron chi connectivity index (χ0n) is 13.1. The van der Waals surface area contributed by atoms with Crippen LogP contribution in [0.2, 0.25) is 0 Å². The highest BCUT2D eigenvalue weighted by Crippen LogP contribution is 2.43. The van der Waals surface area contributed by atoms with Crippen LogP contribution in [0, 0.1) is 5.41 Å². The summed E-state index contributed by atoms with van der Waals surface area (Å²) in [7, 11) is 0. The average molecular weight is 295 g/mol. The van der Waals surface area contributed by atoms with Crippen molar-refractivity contribution in [2.75, 3.05) is 45.9 Å². The fourth-order valence-electron chi connectivity index (χ4n) is 3.82. The lowest BCUT2D eigenvalue weighted by Gasteiger charge is -2.43. The summed E-state index contributed by atoms with van der Waals surface area (Å²) >= 11 is 0. The van der Waals surface area contributed by atoms with Gasteiger partial charge in [-0.05, 0) is 37.6 Å². The van der Waals surface area contributed by atoms with Gasteiger partial charge in [0, 0.05) is 45.8 Å². The average Bonchev–Trinajstić information content (AvgIpc) is 2.96. The van der Waals surface area contributed by atoms with E-state index in [1.807, 2.05) is 4.90 Å². The predicted molar refractivity (Wildman–Crippen MR) is 81.9 cm³/mol. The summed E-state index contributed by atoms with van der Waals surface area (Å²) in [6, 6.07) is 0. The van der Waals surface area contributed by atoms with E-state index in [-0.39, 0.29) is 5.41 Å². The van der Waals surface area contributed by atoms with Crippen molar-refractivity contribution in [3.63, 3.8) is 0 Å². The van der Waals surface area contributed by atoms with Crippen LogP contribution < -0.4 is 5.73 Å². The van der Waals surface area contributed by atoms with Crippen LogP contribution >= 0.6 is 0 Å². The molecule has 1 amide bonds. The van der Waals surface area contributed by atoms with Crippen LogP contribution in [0.3, 0.4) is 0 Å². The van der Waals surface area contributed by atoms with E-state index < -0.39 is 0 Å². The molecule has 0 spiro atoms. The summed E-state index contributed by atoms with van der Waals surface area (Å²) in [5.41, 5.74) is 6.00. The van der Waals surface area contributed by atoms with Crippen molar-refractivity contribution in [1.82, 2.24) is 9.80 Å². The fraction of sp³-hybridized carbons (Fsp3) is 0.938. The van der Waals surface area contributed by atoms with Crippen molar-refractivity contribution in [1.29, 1.82) is 0 Å². The maximum Gasteiger partial charge on any atom is 0.223 e. The SMILES string of the molecule is NCC1(CC(=O)N2CCN(CC3CCCO3)CC2)CCC1. The second-order valence-electron chi connectivity index (χ2n) is 7.05. The third-order valence-corrected chi connectivity index (χ3v) is 5.58. The highest BCUT2D eigenvalue weighted by molar-refractivity contribution is 5.77. The minimum atomic E-state index is 0.131. The molecule has 0 aromatic carbocycles. The highest BCUT2D eigenvalue weighted by atomic mass is 16.5. The molecule has 3 fully saturated rings. The third kappa shape index (κ3) is 3.58. The first kappa shape index (κ1) is 15.3. The first-order chi connectivity index (χ1) is 10.2. The van der Waals surface area contributed by atoms with Gasteiger partial charge in [-0.15, -0.1) is 0 Å². The topological polar surface area (TPSA) is 58.8 Å². The molecule has 3 aliphatic rings. The van der Waals surface area contributed by atoms with Crippen LogP contribution in [0.4, 0.5) is 0 Å². The Bertz CT molecular complexity index is 351. The molecule has 1 aliphatic carbocycles. The molecule has 5 nitrogen and oxygen atoms in total. The first-order valence-corrected chi connectivity index (χ1v) is 8.53. The summed E-state index contributed by atoms with van der Waals surface area (Å²) in [5, 5.41) is 0. The summed E-state index contributed by atoms with van der Waals surface area (Å²) in [6.07, 6.45) is 6.97. The Morgan fingerprint density at radius 1 is 1.19 bits per heavy atom. The van der Waals surface area contributed by atoms with E-state index in [2.05, 4.69) is 4.90 Å². The molecule has 0 radical (unpaired) electrons. The largest absolute Gasteiger partial charge is 0.377 e.